The molecule has 0 unspecified atom stereocenters. The normalized spacial score (nSPS) is 17.5. The molecule has 15 heavy (non-hydrogen) atoms. The summed E-state index contributed by atoms with van der Waals surface area (Å²) in [6.45, 7) is 4.07. The molecule has 1 heterocycles. The van der Waals surface area contributed by atoms with Gasteiger partial charge in [-0.25, -0.2) is 9.97 Å². The first kappa shape index (κ1) is 10.7. The van der Waals surface area contributed by atoms with Crippen LogP contribution in [0.3, 0.4) is 0 Å². The molecule has 1 aromatic rings. The van der Waals surface area contributed by atoms with Crippen molar-refractivity contribution in [2.45, 2.75) is 45.1 Å². The molecule has 3 nitrogen and oxygen atoms in total. The van der Waals surface area contributed by atoms with Crippen molar-refractivity contribution in [2.24, 2.45) is 0 Å². The lowest BCUT2D eigenvalue weighted by Crippen LogP contribution is -2.21. The third-order valence-corrected chi connectivity index (χ3v) is 2.98. The summed E-state index contributed by atoms with van der Waals surface area (Å²) in [6, 6.07) is 1.80. The van der Waals surface area contributed by atoms with Crippen LogP contribution in [0, 0.1) is 6.92 Å². The van der Waals surface area contributed by atoms with Crippen LogP contribution < -0.4 is 5.32 Å². The zero-order chi connectivity index (χ0) is 10.9. The fourth-order valence-corrected chi connectivity index (χ4v) is 2.16. The van der Waals surface area contributed by atoms with Crippen molar-refractivity contribution in [3.8, 4) is 0 Å². The van der Waals surface area contributed by atoms with Gasteiger partial charge in [0, 0.05) is 11.6 Å². The molecule has 1 aromatic heterocycles. The lowest BCUT2D eigenvalue weighted by molar-refractivity contribution is 0.635. The van der Waals surface area contributed by atoms with Gasteiger partial charge in [-0.2, -0.15) is 0 Å². The molecule has 0 spiro atoms. The lowest BCUT2D eigenvalue weighted by Gasteiger charge is -2.17. The van der Waals surface area contributed by atoms with Gasteiger partial charge in [0.15, 0.2) is 0 Å². The van der Waals surface area contributed by atoms with Gasteiger partial charge in [0.2, 0.25) is 0 Å². The Morgan fingerprint density at radius 1 is 1.47 bits per heavy atom. The van der Waals surface area contributed by atoms with E-state index in [1.807, 2.05) is 6.92 Å². The van der Waals surface area contributed by atoms with E-state index in [-0.39, 0.29) is 0 Å². The molecule has 0 radical (unpaired) electrons. The minimum Gasteiger partial charge on any atom is -0.364 e. The van der Waals surface area contributed by atoms with Crippen molar-refractivity contribution in [3.05, 3.63) is 17.0 Å². The smallest absolute Gasteiger partial charge is 0.134 e. The van der Waals surface area contributed by atoms with Crippen LogP contribution >= 0.6 is 11.6 Å². The van der Waals surface area contributed by atoms with Crippen LogP contribution in [0.4, 0.5) is 5.82 Å². The van der Waals surface area contributed by atoms with Crippen LogP contribution in [0.1, 0.15) is 38.4 Å². The molecule has 0 aliphatic heterocycles. The number of aryl methyl sites for hydroxylation is 1. The number of nitrogens with zero attached hydrogens (tertiary/aromatic N) is 2. The Kier molecular flexibility index (Phi) is 2.83. The number of aromatic nitrogens is 2. The molecule has 0 atom stereocenters. The summed E-state index contributed by atoms with van der Waals surface area (Å²) < 4.78 is 0. The summed E-state index contributed by atoms with van der Waals surface area (Å²) in [5, 5.41) is 3.99. The standard InChI is InChI=1S/C11H16ClN3/c1-3-4-11(5-6-11)15-10-7-9(12)13-8(2)14-10/h7H,3-6H2,1-2H3,(H,13,14,15). The molecule has 1 fully saturated rings. The molecule has 0 saturated heterocycles. The van der Waals surface area contributed by atoms with Crippen molar-refractivity contribution in [1.29, 1.82) is 0 Å². The van der Waals surface area contributed by atoms with Gasteiger partial charge in [0.25, 0.3) is 0 Å². The summed E-state index contributed by atoms with van der Waals surface area (Å²) in [7, 11) is 0. The Morgan fingerprint density at radius 3 is 2.73 bits per heavy atom. The average Bonchev–Trinajstić information content (AvgIpc) is 2.83. The largest absolute Gasteiger partial charge is 0.364 e. The van der Waals surface area contributed by atoms with Crippen molar-refractivity contribution < 1.29 is 0 Å². The number of halogens is 1. The van der Waals surface area contributed by atoms with E-state index in [0.717, 1.165) is 11.6 Å². The van der Waals surface area contributed by atoms with E-state index in [2.05, 4.69) is 22.2 Å². The highest BCUT2D eigenvalue weighted by Crippen LogP contribution is 2.42. The SMILES string of the molecule is CCCC1(Nc2cc(Cl)nc(C)n2)CC1. The number of hydrogen-bond acceptors (Lipinski definition) is 3. The Bertz CT molecular complexity index is 341. The highest BCUT2D eigenvalue weighted by atomic mass is 35.5. The minimum absolute atomic E-state index is 0.291. The van der Waals surface area contributed by atoms with Crippen LogP contribution in [0.2, 0.25) is 5.15 Å². The number of anilines is 1. The topological polar surface area (TPSA) is 37.8 Å². The summed E-state index contributed by atoms with van der Waals surface area (Å²) >= 11 is 5.89. The monoisotopic (exact) mass is 225 g/mol. The lowest BCUT2D eigenvalue weighted by atomic mass is 10.1. The van der Waals surface area contributed by atoms with E-state index in [0.29, 0.717) is 10.7 Å². The van der Waals surface area contributed by atoms with Crippen molar-refractivity contribution in [1.82, 2.24) is 9.97 Å². The van der Waals surface area contributed by atoms with Crippen LogP contribution in [-0.2, 0) is 0 Å². The van der Waals surface area contributed by atoms with Crippen LogP contribution in [0.5, 0.6) is 0 Å². The number of hydrogen-bond donors (Lipinski definition) is 1. The number of nitrogens with one attached hydrogen (secondary N) is 1. The first-order chi connectivity index (χ1) is 7.13. The van der Waals surface area contributed by atoms with Gasteiger partial charge in [-0.1, -0.05) is 24.9 Å². The number of rotatable bonds is 4. The van der Waals surface area contributed by atoms with E-state index in [9.17, 15) is 0 Å². The Balaban J connectivity index is 2.10. The minimum atomic E-state index is 0.291. The highest BCUT2D eigenvalue weighted by Gasteiger charge is 2.41. The highest BCUT2D eigenvalue weighted by molar-refractivity contribution is 6.29. The fraction of sp³-hybridized carbons (Fsp3) is 0.636. The van der Waals surface area contributed by atoms with Crippen molar-refractivity contribution in [3.63, 3.8) is 0 Å². The first-order valence-electron chi connectivity index (χ1n) is 5.43. The Labute approximate surface area is 95.3 Å². The van der Waals surface area contributed by atoms with E-state index < -0.39 is 0 Å². The quantitative estimate of drug-likeness (QED) is 0.800. The van der Waals surface area contributed by atoms with E-state index in [1.165, 1.54) is 25.7 Å². The predicted molar refractivity (Wildman–Crippen MR) is 62.3 cm³/mol. The van der Waals surface area contributed by atoms with Gasteiger partial charge in [-0.05, 0) is 26.2 Å². The molecular formula is C11H16ClN3. The van der Waals surface area contributed by atoms with Crippen molar-refractivity contribution in [2.75, 3.05) is 5.32 Å². The first-order valence-corrected chi connectivity index (χ1v) is 5.81. The second-order valence-corrected chi connectivity index (χ2v) is 4.67. The fourth-order valence-electron chi connectivity index (χ4n) is 1.93. The summed E-state index contributed by atoms with van der Waals surface area (Å²) in [6.07, 6.45) is 4.88. The van der Waals surface area contributed by atoms with Gasteiger partial charge in [-0.15, -0.1) is 0 Å². The van der Waals surface area contributed by atoms with E-state index >= 15 is 0 Å². The third-order valence-electron chi connectivity index (χ3n) is 2.78. The maximum Gasteiger partial charge on any atom is 0.134 e. The molecule has 82 valence electrons. The molecule has 1 saturated carbocycles. The molecule has 0 bridgehead atoms. The van der Waals surface area contributed by atoms with Gasteiger partial charge in [0.1, 0.15) is 16.8 Å². The van der Waals surface area contributed by atoms with Gasteiger partial charge < -0.3 is 5.32 Å². The zero-order valence-corrected chi connectivity index (χ0v) is 9.93. The Morgan fingerprint density at radius 2 is 2.20 bits per heavy atom. The summed E-state index contributed by atoms with van der Waals surface area (Å²) in [5.74, 6) is 1.58. The van der Waals surface area contributed by atoms with E-state index in [1.54, 1.807) is 6.07 Å². The van der Waals surface area contributed by atoms with Crippen LogP contribution in [0.15, 0.2) is 6.07 Å². The summed E-state index contributed by atoms with van der Waals surface area (Å²) in [4.78, 5) is 8.38. The van der Waals surface area contributed by atoms with Crippen molar-refractivity contribution >= 4 is 17.4 Å². The molecule has 2 rings (SSSR count). The molecule has 1 aliphatic carbocycles. The molecule has 4 heteroatoms. The average molecular weight is 226 g/mol. The second-order valence-electron chi connectivity index (χ2n) is 4.28. The molecule has 0 amide bonds. The predicted octanol–water partition coefficient (Wildman–Crippen LogP) is 3.18. The second kappa shape index (κ2) is 3.97. The molecular weight excluding hydrogens is 210 g/mol. The molecule has 1 N–H and O–H groups in total. The zero-order valence-electron chi connectivity index (χ0n) is 9.18. The van der Waals surface area contributed by atoms with Gasteiger partial charge in [0.05, 0.1) is 0 Å². The van der Waals surface area contributed by atoms with Crippen LogP contribution in [0.25, 0.3) is 0 Å². The Hall–Kier alpha value is -0.830. The third kappa shape index (κ3) is 2.59. The van der Waals surface area contributed by atoms with Gasteiger partial charge >= 0.3 is 0 Å². The maximum atomic E-state index is 5.89. The maximum absolute atomic E-state index is 5.89. The summed E-state index contributed by atoms with van der Waals surface area (Å²) in [5.41, 5.74) is 0.291. The van der Waals surface area contributed by atoms with E-state index in [4.69, 9.17) is 11.6 Å². The van der Waals surface area contributed by atoms with Gasteiger partial charge in [-0.3, -0.25) is 0 Å². The molecule has 0 aromatic carbocycles. The molecule has 1 aliphatic rings. The van der Waals surface area contributed by atoms with Crippen LogP contribution in [-0.4, -0.2) is 15.5 Å².